The summed E-state index contributed by atoms with van der Waals surface area (Å²) in [6.45, 7) is 7.31. The first-order valence-corrected chi connectivity index (χ1v) is 10.9. The molecule has 1 aromatic heterocycles. The van der Waals surface area contributed by atoms with Crippen LogP contribution in [0.2, 0.25) is 10.0 Å². The molecule has 0 spiro atoms. The topological polar surface area (TPSA) is 108 Å². The number of pyridine rings is 1. The highest BCUT2D eigenvalue weighted by atomic mass is 35.5. The second-order valence-electron chi connectivity index (χ2n) is 6.34. The highest BCUT2D eigenvalue weighted by molar-refractivity contribution is 7.99. The molecule has 0 saturated heterocycles. The number of thioether (sulfide) groups is 1. The van der Waals surface area contributed by atoms with E-state index in [1.807, 2.05) is 20.8 Å². The van der Waals surface area contributed by atoms with Gasteiger partial charge in [-0.05, 0) is 57.0 Å². The Bertz CT molecular complexity index is 1110. The Balaban J connectivity index is 2.37. The minimum absolute atomic E-state index is 0.0643. The van der Waals surface area contributed by atoms with Gasteiger partial charge in [0.05, 0.1) is 22.9 Å². The van der Waals surface area contributed by atoms with Crippen molar-refractivity contribution in [2.75, 3.05) is 12.4 Å². The fourth-order valence-corrected chi connectivity index (χ4v) is 3.84. The number of aryl methyl sites for hydroxylation is 1. The van der Waals surface area contributed by atoms with Crippen LogP contribution >= 0.6 is 35.0 Å². The molecule has 2 aromatic rings. The van der Waals surface area contributed by atoms with Crippen molar-refractivity contribution >= 4 is 46.6 Å². The third-order valence-corrected chi connectivity index (χ3v) is 5.85. The Kier molecular flexibility index (Phi) is 8.87. The molecular weight excluding hydrogens is 459 g/mol. The maximum absolute atomic E-state index is 12.3. The van der Waals surface area contributed by atoms with Crippen LogP contribution < -0.4 is 0 Å². The van der Waals surface area contributed by atoms with Crippen LogP contribution in [-0.4, -0.2) is 28.4 Å². The molecule has 0 fully saturated rings. The van der Waals surface area contributed by atoms with Crippen LogP contribution in [0.3, 0.4) is 0 Å². The molecule has 31 heavy (non-hydrogen) atoms. The first-order chi connectivity index (χ1) is 14.7. The zero-order valence-corrected chi connectivity index (χ0v) is 19.7. The van der Waals surface area contributed by atoms with Crippen LogP contribution in [0.15, 0.2) is 44.9 Å². The molecule has 0 unspecified atom stereocenters. The smallest absolute Gasteiger partial charge is 0.362 e. The number of carbonyl (C=O) groups is 1. The van der Waals surface area contributed by atoms with E-state index in [1.165, 1.54) is 12.1 Å². The lowest BCUT2D eigenvalue weighted by atomic mass is 10.1. The number of esters is 1. The lowest BCUT2D eigenvalue weighted by molar-refractivity contribution is -0.138. The normalized spacial score (nSPS) is 11.9. The summed E-state index contributed by atoms with van der Waals surface area (Å²) in [6, 6.07) is 6.73. The van der Waals surface area contributed by atoms with E-state index in [9.17, 15) is 15.2 Å². The van der Waals surface area contributed by atoms with Crippen LogP contribution in [0.1, 0.15) is 29.3 Å². The molecule has 0 radical (unpaired) electrons. The van der Waals surface area contributed by atoms with Gasteiger partial charge >= 0.3 is 5.97 Å². The largest absolute Gasteiger partial charge is 0.509 e. The molecule has 162 valence electrons. The molecule has 2 rings (SSSR count). The molecule has 7 nitrogen and oxygen atoms in total. The summed E-state index contributed by atoms with van der Waals surface area (Å²) in [5, 5.41) is 29.0. The van der Waals surface area contributed by atoms with Gasteiger partial charge in [0.2, 0.25) is 5.70 Å². The molecule has 1 N–H and O–H groups in total. The van der Waals surface area contributed by atoms with E-state index in [-0.39, 0.29) is 34.5 Å². The number of benzene rings is 1. The zero-order valence-electron chi connectivity index (χ0n) is 17.4. The molecule has 0 saturated carbocycles. The quantitative estimate of drug-likeness (QED) is 0.162. The van der Waals surface area contributed by atoms with Crippen molar-refractivity contribution in [3.8, 4) is 6.07 Å². The molecular formula is C21H20Cl2N4O3S. The zero-order chi connectivity index (χ0) is 23.1. The molecule has 0 bridgehead atoms. The first kappa shape index (κ1) is 24.7. The maximum atomic E-state index is 12.3. The number of carbonyl (C=O) groups excluding carboxylic acids is 1. The Labute approximate surface area is 194 Å². The van der Waals surface area contributed by atoms with Crippen molar-refractivity contribution in [1.29, 1.82) is 5.26 Å². The highest BCUT2D eigenvalue weighted by Gasteiger charge is 2.19. The van der Waals surface area contributed by atoms with Crippen LogP contribution in [-0.2, 0) is 9.53 Å². The van der Waals surface area contributed by atoms with Crippen molar-refractivity contribution in [3.05, 3.63) is 62.1 Å². The molecule has 0 aliphatic carbocycles. The van der Waals surface area contributed by atoms with E-state index < -0.39 is 5.97 Å². The van der Waals surface area contributed by atoms with Gasteiger partial charge in [-0.2, -0.15) is 5.26 Å². The number of halogens is 2. The van der Waals surface area contributed by atoms with Gasteiger partial charge < -0.3 is 9.84 Å². The van der Waals surface area contributed by atoms with Crippen molar-refractivity contribution in [1.82, 2.24) is 4.98 Å². The van der Waals surface area contributed by atoms with E-state index in [0.29, 0.717) is 15.6 Å². The van der Waals surface area contributed by atoms with Gasteiger partial charge in [-0.25, -0.2) is 9.78 Å². The Morgan fingerprint density at radius 3 is 2.61 bits per heavy atom. The monoisotopic (exact) mass is 478 g/mol. The van der Waals surface area contributed by atoms with Crippen molar-refractivity contribution in [2.24, 2.45) is 10.2 Å². The number of azo groups is 1. The predicted octanol–water partition coefficient (Wildman–Crippen LogP) is 6.39. The predicted molar refractivity (Wildman–Crippen MR) is 121 cm³/mol. The van der Waals surface area contributed by atoms with E-state index in [1.54, 1.807) is 13.0 Å². The summed E-state index contributed by atoms with van der Waals surface area (Å²) in [4.78, 5) is 16.7. The van der Waals surface area contributed by atoms with Gasteiger partial charge in [-0.15, -0.1) is 10.2 Å². The number of nitriles is 1. The molecule has 1 aromatic carbocycles. The lowest BCUT2D eigenvalue weighted by Crippen LogP contribution is -2.10. The molecule has 0 aliphatic rings. The van der Waals surface area contributed by atoms with Crippen LogP contribution in [0, 0.1) is 32.1 Å². The Hall–Kier alpha value is -2.60. The first-order valence-electron chi connectivity index (χ1n) is 9.16. The van der Waals surface area contributed by atoms with E-state index in [0.717, 1.165) is 28.6 Å². The summed E-state index contributed by atoms with van der Waals surface area (Å²) in [5.74, 6) is -1.26. The SMILES string of the molecule is CCOC(=O)C(N=Nc1ccc(Cl)cc1Cl)=C(O)CSc1nc(C)c(C)c(C)c1C#N. The van der Waals surface area contributed by atoms with E-state index >= 15 is 0 Å². The second-order valence-corrected chi connectivity index (χ2v) is 8.15. The van der Waals surface area contributed by atoms with Gasteiger partial charge in [-0.1, -0.05) is 35.0 Å². The fourth-order valence-electron chi connectivity index (χ4n) is 2.43. The van der Waals surface area contributed by atoms with Gasteiger partial charge in [-0.3, -0.25) is 0 Å². The Morgan fingerprint density at radius 1 is 1.29 bits per heavy atom. The van der Waals surface area contributed by atoms with Gasteiger partial charge in [0.1, 0.15) is 22.5 Å². The second kappa shape index (κ2) is 11.1. The average molecular weight is 479 g/mol. The summed E-state index contributed by atoms with van der Waals surface area (Å²) in [7, 11) is 0. The number of rotatable bonds is 7. The van der Waals surface area contributed by atoms with Crippen LogP contribution in [0.25, 0.3) is 0 Å². The summed E-state index contributed by atoms with van der Waals surface area (Å²) >= 11 is 13.1. The molecule has 1 heterocycles. The Morgan fingerprint density at radius 2 is 2.00 bits per heavy atom. The number of ether oxygens (including phenoxy) is 1. The maximum Gasteiger partial charge on any atom is 0.362 e. The number of aromatic nitrogens is 1. The van der Waals surface area contributed by atoms with E-state index in [4.69, 9.17) is 27.9 Å². The van der Waals surface area contributed by atoms with Crippen LogP contribution in [0.4, 0.5) is 5.69 Å². The highest BCUT2D eigenvalue weighted by Crippen LogP contribution is 2.30. The number of aliphatic hydroxyl groups is 1. The fraction of sp³-hybridized carbons (Fsp3) is 0.286. The van der Waals surface area contributed by atoms with Gasteiger partial charge in [0, 0.05) is 10.7 Å². The standard InChI is InChI=1S/C21H20Cl2N4O3S/c1-5-30-21(29)19(27-26-17-7-6-14(22)8-16(17)23)18(28)10-31-20-15(9-24)12(3)11(2)13(4)25-20/h6-8,28H,5,10H2,1-4H3. The van der Waals surface area contributed by atoms with Gasteiger partial charge in [0.15, 0.2) is 0 Å². The molecule has 0 amide bonds. The third kappa shape index (κ3) is 6.20. The molecule has 0 aliphatic heterocycles. The minimum atomic E-state index is -0.834. The summed E-state index contributed by atoms with van der Waals surface area (Å²) in [5.41, 5.74) is 2.87. The lowest BCUT2D eigenvalue weighted by Gasteiger charge is -2.11. The molecule has 0 atom stereocenters. The van der Waals surface area contributed by atoms with Crippen molar-refractivity contribution in [3.63, 3.8) is 0 Å². The third-order valence-electron chi connectivity index (χ3n) is 4.33. The van der Waals surface area contributed by atoms with Crippen molar-refractivity contribution in [2.45, 2.75) is 32.7 Å². The average Bonchev–Trinajstić information content (AvgIpc) is 2.72. The number of nitrogens with zero attached hydrogens (tertiary/aromatic N) is 4. The van der Waals surface area contributed by atoms with Crippen molar-refractivity contribution < 1.29 is 14.6 Å². The van der Waals surface area contributed by atoms with E-state index in [2.05, 4.69) is 21.3 Å². The molecule has 10 heteroatoms. The minimum Gasteiger partial charge on any atom is -0.509 e. The number of hydrogen-bond acceptors (Lipinski definition) is 8. The number of hydrogen-bond donors (Lipinski definition) is 1. The van der Waals surface area contributed by atoms with Gasteiger partial charge in [0.25, 0.3) is 0 Å². The van der Waals surface area contributed by atoms with Crippen LogP contribution in [0.5, 0.6) is 0 Å². The number of aliphatic hydroxyl groups excluding tert-OH is 1. The summed E-state index contributed by atoms with van der Waals surface area (Å²) in [6.07, 6.45) is 0. The summed E-state index contributed by atoms with van der Waals surface area (Å²) < 4.78 is 4.97.